The predicted octanol–water partition coefficient (Wildman–Crippen LogP) is 3.29. The van der Waals surface area contributed by atoms with E-state index in [1.165, 1.54) is 11.8 Å². The number of pyridine rings is 1. The molecule has 6 heteroatoms. The lowest BCUT2D eigenvalue weighted by atomic mass is 9.99. The second-order valence-corrected chi connectivity index (χ2v) is 7.04. The summed E-state index contributed by atoms with van der Waals surface area (Å²) < 4.78 is 5.42. The Labute approximate surface area is 162 Å². The first kappa shape index (κ1) is 18.4. The van der Waals surface area contributed by atoms with Gasteiger partial charge in [0.05, 0.1) is 13.2 Å². The van der Waals surface area contributed by atoms with Crippen LogP contribution in [0.5, 0.6) is 0 Å². The molecular formula is C22H22N2O4. The quantitative estimate of drug-likeness (QED) is 0.728. The number of fused-ring (bicyclic) bond motifs is 1. The maximum atomic E-state index is 12.5. The van der Waals surface area contributed by atoms with Gasteiger partial charge in [0.15, 0.2) is 0 Å². The maximum Gasteiger partial charge on any atom is 0.341 e. The molecule has 1 saturated heterocycles. The highest BCUT2D eigenvalue weighted by atomic mass is 16.5. The van der Waals surface area contributed by atoms with Crippen molar-refractivity contribution >= 4 is 16.9 Å². The lowest BCUT2D eigenvalue weighted by Crippen LogP contribution is -2.37. The average molecular weight is 378 g/mol. The minimum Gasteiger partial charge on any atom is -0.477 e. The van der Waals surface area contributed by atoms with Gasteiger partial charge in [0.25, 0.3) is 0 Å². The molecule has 1 aromatic heterocycles. The number of carboxylic acid groups (broad SMARTS) is 1. The molecule has 0 bridgehead atoms. The summed E-state index contributed by atoms with van der Waals surface area (Å²) in [6.07, 6.45) is 1.24. The molecule has 1 aliphatic heterocycles. The van der Waals surface area contributed by atoms with E-state index >= 15 is 0 Å². The Morgan fingerprint density at radius 2 is 1.79 bits per heavy atom. The number of hydrogen-bond acceptors (Lipinski definition) is 4. The van der Waals surface area contributed by atoms with Crippen LogP contribution >= 0.6 is 0 Å². The van der Waals surface area contributed by atoms with Crippen LogP contribution in [0.4, 0.5) is 0 Å². The molecule has 2 heterocycles. The molecule has 2 N–H and O–H groups in total. The smallest absolute Gasteiger partial charge is 0.341 e. The van der Waals surface area contributed by atoms with E-state index < -0.39 is 11.4 Å². The molecule has 1 fully saturated rings. The van der Waals surface area contributed by atoms with Crippen LogP contribution in [0, 0.1) is 0 Å². The lowest BCUT2D eigenvalue weighted by Gasteiger charge is -2.32. The minimum atomic E-state index is -1.23. The normalized spacial score (nSPS) is 16.2. The molecule has 3 aromatic rings. The van der Waals surface area contributed by atoms with Crippen molar-refractivity contribution in [1.82, 2.24) is 9.88 Å². The molecule has 0 amide bonds. The van der Waals surface area contributed by atoms with E-state index in [9.17, 15) is 9.59 Å². The van der Waals surface area contributed by atoms with Crippen molar-refractivity contribution in [2.45, 2.75) is 13.0 Å². The van der Waals surface area contributed by atoms with Crippen molar-refractivity contribution in [3.05, 3.63) is 70.0 Å². The molecule has 0 radical (unpaired) electrons. The number of carbonyl (C=O) groups is 1. The Morgan fingerprint density at radius 1 is 1.11 bits per heavy atom. The average Bonchev–Trinajstić information content (AvgIpc) is 2.74. The van der Waals surface area contributed by atoms with Gasteiger partial charge >= 0.3 is 5.97 Å². The van der Waals surface area contributed by atoms with Gasteiger partial charge in [0.1, 0.15) is 5.56 Å². The van der Waals surface area contributed by atoms with Gasteiger partial charge in [0.2, 0.25) is 5.43 Å². The number of nitrogens with one attached hydrogen (secondary N) is 1. The Bertz CT molecular complexity index is 1070. The fraction of sp³-hybridized carbons (Fsp3) is 0.273. The Kier molecular flexibility index (Phi) is 4.98. The van der Waals surface area contributed by atoms with Crippen molar-refractivity contribution in [2.24, 2.45) is 0 Å². The summed E-state index contributed by atoms with van der Waals surface area (Å²) in [5.74, 6) is -1.23. The number of ether oxygens (including phenoxy) is 1. The zero-order valence-corrected chi connectivity index (χ0v) is 15.6. The third kappa shape index (κ3) is 3.44. The molecule has 0 saturated carbocycles. The first-order chi connectivity index (χ1) is 13.5. The molecule has 0 aliphatic carbocycles. The third-order valence-corrected chi connectivity index (χ3v) is 5.43. The second kappa shape index (κ2) is 7.58. The molecule has 0 spiro atoms. The Morgan fingerprint density at radius 3 is 2.46 bits per heavy atom. The number of aromatic carboxylic acids is 1. The van der Waals surface area contributed by atoms with Gasteiger partial charge in [-0.25, -0.2) is 4.79 Å². The number of aromatic amines is 1. The number of hydrogen-bond donors (Lipinski definition) is 2. The molecule has 144 valence electrons. The van der Waals surface area contributed by atoms with Gasteiger partial charge in [-0.15, -0.1) is 0 Å². The monoisotopic (exact) mass is 378 g/mol. The summed E-state index contributed by atoms with van der Waals surface area (Å²) in [4.78, 5) is 29.0. The number of H-pyrrole nitrogens is 1. The highest BCUT2D eigenvalue weighted by Crippen LogP contribution is 2.26. The minimum absolute atomic E-state index is 0.251. The first-order valence-electron chi connectivity index (χ1n) is 9.35. The highest BCUT2D eigenvalue weighted by molar-refractivity contribution is 5.93. The zero-order valence-electron chi connectivity index (χ0n) is 15.6. The predicted molar refractivity (Wildman–Crippen MR) is 108 cm³/mol. The van der Waals surface area contributed by atoms with Gasteiger partial charge in [-0.1, -0.05) is 30.3 Å². The first-order valence-corrected chi connectivity index (χ1v) is 9.35. The topological polar surface area (TPSA) is 82.6 Å². The van der Waals surface area contributed by atoms with Crippen LogP contribution < -0.4 is 5.43 Å². The molecule has 1 unspecified atom stereocenters. The summed E-state index contributed by atoms with van der Waals surface area (Å²) in [7, 11) is 0. The maximum absolute atomic E-state index is 12.5. The van der Waals surface area contributed by atoms with E-state index in [1.807, 2.05) is 24.3 Å². The van der Waals surface area contributed by atoms with E-state index in [2.05, 4.69) is 28.9 Å². The second-order valence-electron chi connectivity index (χ2n) is 7.04. The molecule has 4 rings (SSSR count). The number of morpholine rings is 1. The van der Waals surface area contributed by atoms with E-state index in [1.54, 1.807) is 6.07 Å². The summed E-state index contributed by atoms with van der Waals surface area (Å²) in [5.41, 5.74) is 3.00. The van der Waals surface area contributed by atoms with Crippen molar-refractivity contribution in [3.63, 3.8) is 0 Å². The van der Waals surface area contributed by atoms with Crippen LogP contribution in [0.3, 0.4) is 0 Å². The van der Waals surface area contributed by atoms with E-state index in [0.29, 0.717) is 16.9 Å². The molecular weight excluding hydrogens is 356 g/mol. The van der Waals surface area contributed by atoms with Crippen LogP contribution in [0.25, 0.3) is 22.0 Å². The SMILES string of the molecule is CC(c1ccc(-c2ccc3[nH]cc(C(=O)O)c(=O)c3c2)cc1)N1CCOCC1. The largest absolute Gasteiger partial charge is 0.477 e. The Balaban J connectivity index is 1.65. The number of nitrogens with zero attached hydrogens (tertiary/aromatic N) is 1. The van der Waals surface area contributed by atoms with Gasteiger partial charge in [0, 0.05) is 36.2 Å². The summed E-state index contributed by atoms with van der Waals surface area (Å²) in [6, 6.07) is 14.1. The highest BCUT2D eigenvalue weighted by Gasteiger charge is 2.18. The van der Waals surface area contributed by atoms with E-state index in [4.69, 9.17) is 9.84 Å². The standard InChI is InChI=1S/C22H22N2O4/c1-14(24-8-10-28-11-9-24)15-2-4-16(5-3-15)17-6-7-20-18(12-17)21(25)19(13-23-20)22(26)27/h2-7,12-14H,8-11H2,1H3,(H,23,25)(H,26,27). The van der Waals surface area contributed by atoms with E-state index in [0.717, 1.165) is 37.4 Å². The van der Waals surface area contributed by atoms with Crippen LogP contribution in [0.15, 0.2) is 53.5 Å². The summed E-state index contributed by atoms with van der Waals surface area (Å²) >= 11 is 0. The van der Waals surface area contributed by atoms with Gasteiger partial charge < -0.3 is 14.8 Å². The fourth-order valence-electron chi connectivity index (χ4n) is 3.69. The van der Waals surface area contributed by atoms with Crippen LogP contribution in [0.2, 0.25) is 0 Å². The number of carboxylic acids is 1. The summed E-state index contributed by atoms with van der Waals surface area (Å²) in [5, 5.41) is 9.55. The van der Waals surface area contributed by atoms with Crippen LogP contribution in [-0.4, -0.2) is 47.3 Å². The summed E-state index contributed by atoms with van der Waals surface area (Å²) in [6.45, 7) is 5.60. The van der Waals surface area contributed by atoms with Crippen LogP contribution in [0.1, 0.15) is 28.9 Å². The van der Waals surface area contributed by atoms with Crippen molar-refractivity contribution < 1.29 is 14.6 Å². The number of aromatic nitrogens is 1. The van der Waals surface area contributed by atoms with Gasteiger partial charge in [-0.2, -0.15) is 0 Å². The van der Waals surface area contributed by atoms with Crippen LogP contribution in [-0.2, 0) is 4.74 Å². The molecule has 28 heavy (non-hydrogen) atoms. The van der Waals surface area contributed by atoms with Crippen molar-refractivity contribution in [3.8, 4) is 11.1 Å². The van der Waals surface area contributed by atoms with Gasteiger partial charge in [-0.05, 0) is 35.7 Å². The number of benzene rings is 2. The Hall–Kier alpha value is -2.96. The van der Waals surface area contributed by atoms with Crippen molar-refractivity contribution in [2.75, 3.05) is 26.3 Å². The van der Waals surface area contributed by atoms with E-state index in [-0.39, 0.29) is 5.56 Å². The molecule has 6 nitrogen and oxygen atoms in total. The fourth-order valence-corrected chi connectivity index (χ4v) is 3.69. The number of rotatable bonds is 4. The zero-order chi connectivity index (χ0) is 19.7. The van der Waals surface area contributed by atoms with Crippen molar-refractivity contribution in [1.29, 1.82) is 0 Å². The lowest BCUT2D eigenvalue weighted by molar-refractivity contribution is 0.0198. The van der Waals surface area contributed by atoms with Gasteiger partial charge in [-0.3, -0.25) is 9.69 Å². The molecule has 1 atom stereocenters. The molecule has 1 aliphatic rings. The third-order valence-electron chi connectivity index (χ3n) is 5.43. The molecule has 2 aromatic carbocycles.